The Morgan fingerprint density at radius 3 is 2.67 bits per heavy atom. The Morgan fingerprint density at radius 1 is 1.14 bits per heavy atom. The van der Waals surface area contributed by atoms with Gasteiger partial charge in [0.2, 0.25) is 0 Å². The lowest BCUT2D eigenvalue weighted by Gasteiger charge is -2.21. The van der Waals surface area contributed by atoms with Crippen molar-refractivity contribution < 1.29 is 9.59 Å². The van der Waals surface area contributed by atoms with Gasteiger partial charge in [-0.15, -0.1) is 11.3 Å². The van der Waals surface area contributed by atoms with Crippen molar-refractivity contribution in [2.45, 2.75) is 25.0 Å². The summed E-state index contributed by atoms with van der Waals surface area (Å²) in [6.45, 7) is 0.677. The number of thiazole rings is 1. The van der Waals surface area contributed by atoms with Crippen LogP contribution in [-0.4, -0.2) is 49.5 Å². The molecule has 0 radical (unpaired) electrons. The zero-order valence-corrected chi connectivity index (χ0v) is 20.6. The van der Waals surface area contributed by atoms with Crippen molar-refractivity contribution in [3.05, 3.63) is 86.7 Å². The molecule has 3 aromatic heterocycles. The van der Waals surface area contributed by atoms with Gasteiger partial charge in [0.25, 0.3) is 11.8 Å². The van der Waals surface area contributed by atoms with Crippen LogP contribution >= 0.6 is 22.9 Å². The highest BCUT2D eigenvalue weighted by Crippen LogP contribution is 2.34. The Balaban J connectivity index is 1.29. The summed E-state index contributed by atoms with van der Waals surface area (Å²) in [5, 5.41) is 13.2. The highest BCUT2D eigenvalue weighted by molar-refractivity contribution is 7.09. The lowest BCUT2D eigenvalue weighted by Crippen LogP contribution is -2.33. The van der Waals surface area contributed by atoms with Gasteiger partial charge in [0.05, 0.1) is 11.1 Å². The number of rotatable bonds is 6. The Hall–Kier alpha value is -3.80. The van der Waals surface area contributed by atoms with Crippen molar-refractivity contribution in [2.75, 3.05) is 6.54 Å². The van der Waals surface area contributed by atoms with Crippen LogP contribution in [0.5, 0.6) is 0 Å². The van der Waals surface area contributed by atoms with Crippen LogP contribution < -0.4 is 16.8 Å². The second-order valence-electron chi connectivity index (χ2n) is 8.57. The number of amidine groups is 1. The first kappa shape index (κ1) is 23.9. The van der Waals surface area contributed by atoms with E-state index in [1.165, 1.54) is 11.3 Å². The van der Waals surface area contributed by atoms with E-state index in [1.807, 2.05) is 0 Å². The van der Waals surface area contributed by atoms with Gasteiger partial charge >= 0.3 is 0 Å². The first-order valence-electron chi connectivity index (χ1n) is 11.2. The van der Waals surface area contributed by atoms with E-state index < -0.39 is 0 Å². The summed E-state index contributed by atoms with van der Waals surface area (Å²) in [5.41, 5.74) is 14.4. The molecular formula is C24H23ClN8O2S. The maximum Gasteiger partial charge on any atom is 0.274 e. The number of aromatic nitrogens is 3. The lowest BCUT2D eigenvalue weighted by molar-refractivity contribution is 0.0728. The van der Waals surface area contributed by atoms with E-state index in [2.05, 4.69) is 15.3 Å². The summed E-state index contributed by atoms with van der Waals surface area (Å²) in [6, 6.07) is 10.00. The zero-order valence-electron chi connectivity index (χ0n) is 19.0. The first-order valence-corrected chi connectivity index (χ1v) is 12.4. The smallest absolute Gasteiger partial charge is 0.274 e. The predicted octanol–water partition coefficient (Wildman–Crippen LogP) is 2.57. The number of amides is 2. The molecule has 1 aliphatic rings. The molecule has 1 aromatic carbocycles. The summed E-state index contributed by atoms with van der Waals surface area (Å²) >= 11 is 7.37. The fraction of sp³-hybridized carbons (Fsp3) is 0.208. The third-order valence-corrected chi connectivity index (χ3v) is 7.16. The molecule has 36 heavy (non-hydrogen) atoms. The molecule has 2 amide bonds. The Bertz CT molecular complexity index is 1460. The average Bonchev–Trinajstić information content (AvgIpc) is 3.60. The molecule has 0 unspecified atom stereocenters. The van der Waals surface area contributed by atoms with Gasteiger partial charge in [-0.25, -0.2) is 9.97 Å². The number of fused-ring (bicyclic) bond motifs is 1. The second-order valence-corrected chi connectivity index (χ2v) is 9.90. The van der Waals surface area contributed by atoms with Gasteiger partial charge in [0.1, 0.15) is 27.9 Å². The third kappa shape index (κ3) is 4.81. The van der Waals surface area contributed by atoms with E-state index in [1.54, 1.807) is 63.5 Å². The van der Waals surface area contributed by atoms with Crippen LogP contribution in [0.2, 0.25) is 5.02 Å². The van der Waals surface area contributed by atoms with Crippen LogP contribution in [0.25, 0.3) is 5.65 Å². The Labute approximate surface area is 215 Å². The van der Waals surface area contributed by atoms with Crippen LogP contribution in [-0.2, 0) is 6.54 Å². The van der Waals surface area contributed by atoms with Gasteiger partial charge in [-0.1, -0.05) is 35.9 Å². The number of nitrogens with one attached hydrogen (secondary N) is 2. The minimum Gasteiger partial charge on any atom is -0.384 e. The molecule has 0 saturated carbocycles. The molecule has 6 N–H and O–H groups in total. The van der Waals surface area contributed by atoms with E-state index in [-0.39, 0.29) is 35.4 Å². The van der Waals surface area contributed by atoms with Crippen LogP contribution in [0, 0.1) is 5.41 Å². The molecule has 0 aliphatic carbocycles. The topological polar surface area (TPSA) is 155 Å². The molecule has 184 valence electrons. The van der Waals surface area contributed by atoms with Crippen LogP contribution in [0.15, 0.2) is 54.2 Å². The maximum absolute atomic E-state index is 13.3. The highest BCUT2D eigenvalue weighted by Gasteiger charge is 2.37. The highest BCUT2D eigenvalue weighted by atomic mass is 35.5. The number of hydrogen-bond acceptors (Lipinski definition) is 7. The van der Waals surface area contributed by atoms with Crippen molar-refractivity contribution in [1.82, 2.24) is 24.6 Å². The second kappa shape index (κ2) is 9.69. The molecule has 4 aromatic rings. The number of benzene rings is 1. The summed E-state index contributed by atoms with van der Waals surface area (Å²) in [4.78, 5) is 36.7. The van der Waals surface area contributed by atoms with Gasteiger partial charge in [-0.05, 0) is 24.1 Å². The molecule has 5 rings (SSSR count). The van der Waals surface area contributed by atoms with E-state index in [0.29, 0.717) is 46.4 Å². The quantitative estimate of drug-likeness (QED) is 0.225. The number of nitrogens with two attached hydrogens (primary N) is 2. The van der Waals surface area contributed by atoms with Gasteiger partial charge in [-0.3, -0.25) is 15.0 Å². The minimum atomic E-state index is -0.341. The standard InChI is InChI=1S/C24H23ClN8O2S/c25-15-5-6-20-30-17(11-32(20)9-15)24(35)33-10-16(26)7-19(33)23-31-18(12-36-23)22(34)29-8-13-1-3-14(4-2-13)21(27)28/h1-6,9,11-12,16,19H,7-8,10,26H2,(H3,27,28)(H,29,34)/t16-,19+/m1/s1. The summed E-state index contributed by atoms with van der Waals surface area (Å²) < 4.78 is 1.71. The predicted molar refractivity (Wildman–Crippen MR) is 137 cm³/mol. The normalized spacial score (nSPS) is 17.4. The molecule has 1 aliphatic heterocycles. The molecule has 1 fully saturated rings. The number of imidazole rings is 1. The van der Waals surface area contributed by atoms with E-state index in [0.717, 1.165) is 5.56 Å². The van der Waals surface area contributed by atoms with Gasteiger partial charge in [-0.2, -0.15) is 0 Å². The van der Waals surface area contributed by atoms with E-state index >= 15 is 0 Å². The van der Waals surface area contributed by atoms with Crippen LogP contribution in [0.3, 0.4) is 0 Å². The molecular weight excluding hydrogens is 500 g/mol. The number of carbonyl (C=O) groups excluding carboxylic acids is 2. The van der Waals surface area contributed by atoms with Crippen molar-refractivity contribution >= 4 is 46.2 Å². The summed E-state index contributed by atoms with van der Waals surface area (Å²) in [5.74, 6) is -0.571. The lowest BCUT2D eigenvalue weighted by atomic mass is 10.1. The number of carbonyl (C=O) groups is 2. The van der Waals surface area contributed by atoms with Gasteiger partial charge in [0.15, 0.2) is 0 Å². The van der Waals surface area contributed by atoms with Crippen molar-refractivity contribution in [1.29, 1.82) is 5.41 Å². The summed E-state index contributed by atoms with van der Waals surface area (Å²) in [7, 11) is 0. The average molecular weight is 523 g/mol. The third-order valence-electron chi connectivity index (χ3n) is 5.99. The summed E-state index contributed by atoms with van der Waals surface area (Å²) in [6.07, 6.45) is 3.88. The molecule has 0 bridgehead atoms. The number of nitrogens with zero attached hydrogens (tertiary/aromatic N) is 4. The number of hydrogen-bond donors (Lipinski definition) is 4. The van der Waals surface area contributed by atoms with E-state index in [4.69, 9.17) is 28.5 Å². The molecule has 4 heterocycles. The molecule has 0 spiro atoms. The van der Waals surface area contributed by atoms with Gasteiger partial charge < -0.3 is 26.1 Å². The fourth-order valence-corrected chi connectivity index (χ4v) is 5.25. The van der Waals surface area contributed by atoms with Crippen molar-refractivity contribution in [3.8, 4) is 0 Å². The number of halogens is 1. The Kier molecular flexibility index (Phi) is 6.44. The molecule has 2 atom stereocenters. The number of pyridine rings is 1. The fourth-order valence-electron chi connectivity index (χ4n) is 4.16. The number of nitrogen functional groups attached to an aromatic ring is 1. The monoisotopic (exact) mass is 522 g/mol. The van der Waals surface area contributed by atoms with E-state index in [9.17, 15) is 9.59 Å². The van der Waals surface area contributed by atoms with Crippen molar-refractivity contribution in [2.24, 2.45) is 11.5 Å². The zero-order chi connectivity index (χ0) is 25.4. The number of likely N-dealkylation sites (tertiary alicyclic amines) is 1. The molecule has 1 saturated heterocycles. The van der Waals surface area contributed by atoms with Crippen LogP contribution in [0.4, 0.5) is 0 Å². The van der Waals surface area contributed by atoms with Crippen LogP contribution in [0.1, 0.15) is 49.6 Å². The van der Waals surface area contributed by atoms with Crippen molar-refractivity contribution in [3.63, 3.8) is 0 Å². The SMILES string of the molecule is N=C(N)c1ccc(CNC(=O)c2csc([C@@H]3C[C@@H](N)CN3C(=O)c3cn4cc(Cl)ccc4n3)n2)cc1. The maximum atomic E-state index is 13.3. The molecule has 12 heteroatoms. The first-order chi connectivity index (χ1) is 17.3. The van der Waals surface area contributed by atoms with Gasteiger partial charge in [0, 0.05) is 42.5 Å². The minimum absolute atomic E-state index is 0.00896. The molecule has 10 nitrogen and oxygen atoms in total. The Morgan fingerprint density at radius 2 is 1.92 bits per heavy atom. The largest absolute Gasteiger partial charge is 0.384 e.